The zero-order valence-corrected chi connectivity index (χ0v) is 50.6. The fourth-order valence-corrected chi connectivity index (χ4v) is 9.05. The number of aromatic hydroxyl groups is 1. The molecule has 395 valence electrons. The van der Waals surface area contributed by atoms with Gasteiger partial charge in [0.05, 0.1) is 35.5 Å². The number of H-pyrrole nitrogens is 2. The zero-order valence-electron chi connectivity index (χ0n) is 40.7. The van der Waals surface area contributed by atoms with E-state index in [1.807, 2.05) is 0 Å². The fourth-order valence-electron chi connectivity index (χ4n) is 6.19. The van der Waals surface area contributed by atoms with Gasteiger partial charge in [0.2, 0.25) is 45.5 Å². The molecule has 6 rings (SSSR count). The van der Waals surface area contributed by atoms with Crippen LogP contribution in [-0.4, -0.2) is 250 Å². The average Bonchev–Trinajstić information content (AvgIpc) is 3.28. The van der Waals surface area contributed by atoms with E-state index in [1.54, 1.807) is 0 Å². The Bertz CT molecular complexity index is 3790. The number of aliphatic imine (C=N–C) groups is 2. The van der Waals surface area contributed by atoms with Gasteiger partial charge in [-0.05, 0) is 77.1 Å². The number of hydrogen-bond acceptors (Lipinski definition) is 24. The van der Waals surface area contributed by atoms with E-state index in [2.05, 4.69) is 70.3 Å². The van der Waals surface area contributed by atoms with Crippen molar-refractivity contribution < 1.29 is 67.2 Å². The first kappa shape index (κ1) is 66.8. The quantitative estimate of drug-likeness (QED) is 0.0166. The molecule has 41 heteroatoms. The van der Waals surface area contributed by atoms with Crippen LogP contribution in [0.1, 0.15) is 0 Å². The first-order valence-electron chi connectivity index (χ1n) is 19.6. The van der Waals surface area contributed by atoms with E-state index in [-0.39, 0.29) is 170 Å². The first-order chi connectivity index (χ1) is 34.4. The van der Waals surface area contributed by atoms with Crippen molar-refractivity contribution in [2.45, 2.75) is 19.6 Å². The molecule has 2 aromatic heterocycles. The third kappa shape index (κ3) is 16.8. The van der Waals surface area contributed by atoms with E-state index < -0.39 is 105 Å². The Morgan fingerprint density at radius 2 is 0.974 bits per heavy atom. The van der Waals surface area contributed by atoms with E-state index in [4.69, 9.17) is 28.9 Å². The SMILES string of the molecule is CN=C(O)CN(C)c1nc(Cl)nc(=Nc2ccc(S(=O)(=O)O)c(N=Nc3c(S(=O)(=O)O)cc4cc(S(=O)(=O)O)c(N=Nc5cc(N=c6nc(Cl)nc(N(C)CC(O)=NC)[nH]6)ccc5S(=O)(=O)O)c(O)c4c3N)c2)[nH]1.[K].[Li].[Na]. The maximum atomic E-state index is 12.8. The summed E-state index contributed by atoms with van der Waals surface area (Å²) in [5.41, 5.74) is 0.660. The minimum absolute atomic E-state index is 0. The predicted octanol–water partition coefficient (Wildman–Crippen LogP) is 2.86. The summed E-state index contributed by atoms with van der Waals surface area (Å²) >= 11 is 12.2. The molecule has 0 aliphatic rings. The number of rotatable bonds is 16. The standard InChI is InChI=1S/C36H35Cl2N17O15S4.K.Li.Na/c1-40-24(56)13-54(3)35-46-31(37)44-33(48-35)42-16-5-7-20(71(59,60)61)18(11-16)50-52-28-22(73(65,66)67)9-15-10-23(74(68,69)70)29(30(58)26(15)27(28)39)53-51-19-12-17(6-8-21(19)72(62,63)64)43-34-45-32(38)47-36(49-34)55(4)14-25(57)41-2;;;/h5-12,58H,13-14,39H2,1-4H3,(H,40,56)(H,41,57)(H,59,60,61)(H,62,63,64)(H,65,66,67)(H,68,69,70)(H,42,44,46,48)(H,43,45,47,49);;;. The topological polar surface area (TPSA) is 493 Å². The number of phenolic OH excluding ortho intramolecular Hbond substituents is 1. The van der Waals surface area contributed by atoms with Crippen molar-refractivity contribution >= 4 is 238 Å². The minimum atomic E-state index is -5.52. The largest absolute Gasteiger partial charge is 0.505 e. The van der Waals surface area contributed by atoms with Crippen LogP contribution in [0.4, 0.5) is 51.7 Å². The molecule has 0 spiro atoms. The average molecular weight is 1210 g/mol. The van der Waals surface area contributed by atoms with Gasteiger partial charge in [-0.1, -0.05) is 0 Å². The molecule has 0 amide bonds. The Hall–Kier alpha value is -4.45. The van der Waals surface area contributed by atoms with Crippen LogP contribution in [0, 0.1) is 0 Å². The molecule has 32 nitrogen and oxygen atoms in total. The van der Waals surface area contributed by atoms with Crippen LogP contribution < -0.4 is 26.8 Å². The van der Waals surface area contributed by atoms with E-state index in [9.17, 15) is 67.2 Å². The van der Waals surface area contributed by atoms with Crippen molar-refractivity contribution in [2.75, 3.05) is 56.8 Å². The summed E-state index contributed by atoms with van der Waals surface area (Å²) in [6, 6.07) is 6.50. The number of anilines is 3. The van der Waals surface area contributed by atoms with Gasteiger partial charge in [-0.25, -0.2) is 9.98 Å². The number of likely N-dealkylation sites (N-methyl/N-ethyl adjacent to an activating group) is 2. The van der Waals surface area contributed by atoms with E-state index in [0.29, 0.717) is 12.1 Å². The summed E-state index contributed by atoms with van der Waals surface area (Å²) in [6.07, 6.45) is 0. The van der Waals surface area contributed by atoms with Gasteiger partial charge >= 0.3 is 0 Å². The molecule has 0 fully saturated rings. The smallest absolute Gasteiger partial charge is 0.296 e. The van der Waals surface area contributed by atoms with Crippen LogP contribution in [-0.2, 0) is 40.5 Å². The number of nitrogen functional groups attached to an aromatic ring is 1. The molecule has 3 radical (unpaired) electrons. The number of aromatic nitrogens is 6. The Morgan fingerprint density at radius 1 is 0.610 bits per heavy atom. The van der Waals surface area contributed by atoms with Crippen LogP contribution in [0.2, 0.25) is 10.6 Å². The van der Waals surface area contributed by atoms with Crippen molar-refractivity contribution in [1.29, 1.82) is 0 Å². The van der Waals surface area contributed by atoms with Gasteiger partial charge in [-0.3, -0.25) is 38.2 Å². The van der Waals surface area contributed by atoms with E-state index >= 15 is 0 Å². The van der Waals surface area contributed by atoms with Crippen LogP contribution in [0.25, 0.3) is 10.8 Å². The van der Waals surface area contributed by atoms with E-state index in [1.165, 1.54) is 38.0 Å². The Kier molecular flexibility index (Phi) is 23.2. The molecule has 2 heterocycles. The molecule has 0 aliphatic carbocycles. The van der Waals surface area contributed by atoms with Crippen molar-refractivity contribution in [2.24, 2.45) is 40.4 Å². The zero-order chi connectivity index (χ0) is 54.8. The number of aromatic amines is 2. The molecular weight excluding hydrogens is 1180 g/mol. The number of nitrogens with one attached hydrogen (secondary N) is 2. The summed E-state index contributed by atoms with van der Waals surface area (Å²) in [7, 11) is -15.7. The molecule has 0 atom stereocenters. The third-order valence-electron chi connectivity index (χ3n) is 9.53. The number of aliphatic hydroxyl groups is 2. The van der Waals surface area contributed by atoms with Crippen LogP contribution in [0.15, 0.2) is 109 Å². The molecule has 6 aromatic rings. The number of benzene rings is 4. The van der Waals surface area contributed by atoms with Crippen LogP contribution in [0.5, 0.6) is 5.75 Å². The summed E-state index contributed by atoms with van der Waals surface area (Å²) in [5.74, 6) is -1.87. The van der Waals surface area contributed by atoms with Gasteiger partial charge in [0.15, 0.2) is 5.75 Å². The number of azo groups is 2. The van der Waals surface area contributed by atoms with Gasteiger partial charge in [0.25, 0.3) is 40.5 Å². The number of nitrogens with zero attached hydrogens (tertiary/aromatic N) is 14. The number of hydrogen-bond donors (Lipinski definition) is 10. The summed E-state index contributed by atoms with van der Waals surface area (Å²) in [4.78, 5) is 35.2. The molecule has 11 N–H and O–H groups in total. The van der Waals surface area contributed by atoms with Gasteiger partial charge in [-0.2, -0.15) is 53.6 Å². The predicted molar refractivity (Wildman–Crippen MR) is 280 cm³/mol. The molecule has 4 aromatic carbocycles. The fraction of sp³-hybridized carbons (Fsp3) is 0.167. The number of aliphatic hydroxyl groups excluding tert-OH is 2. The number of halogens is 2. The molecule has 77 heavy (non-hydrogen) atoms. The summed E-state index contributed by atoms with van der Waals surface area (Å²) < 4.78 is 142. The number of fused-ring (bicyclic) bond motifs is 1. The Labute approximate surface area is 521 Å². The van der Waals surface area contributed by atoms with Gasteiger partial charge in [0.1, 0.15) is 42.3 Å². The maximum Gasteiger partial charge on any atom is 0.296 e. The molecule has 0 bridgehead atoms. The molecule has 0 unspecified atom stereocenters. The third-order valence-corrected chi connectivity index (χ3v) is 13.4. The Morgan fingerprint density at radius 3 is 1.34 bits per heavy atom. The van der Waals surface area contributed by atoms with Crippen molar-refractivity contribution in [1.82, 2.24) is 29.9 Å². The van der Waals surface area contributed by atoms with Crippen molar-refractivity contribution in [3.05, 3.63) is 70.3 Å². The van der Waals surface area contributed by atoms with Gasteiger partial charge in [-0.15, -0.1) is 20.5 Å². The van der Waals surface area contributed by atoms with Crippen LogP contribution >= 0.6 is 23.2 Å². The van der Waals surface area contributed by atoms with Crippen molar-refractivity contribution in [3.63, 3.8) is 0 Å². The second-order valence-corrected chi connectivity index (χ2v) is 20.9. The monoisotopic (exact) mass is 1210 g/mol. The number of nitrogens with two attached hydrogens (primary N) is 1. The minimum Gasteiger partial charge on any atom is -0.505 e. The summed E-state index contributed by atoms with van der Waals surface area (Å²) in [5, 5.41) is 44.1. The van der Waals surface area contributed by atoms with Gasteiger partial charge in [0, 0.05) is 128 Å². The molecular formula is C36H35Cl2KLiN17NaO15S4. The van der Waals surface area contributed by atoms with Crippen LogP contribution in [0.3, 0.4) is 0 Å². The van der Waals surface area contributed by atoms with Crippen molar-refractivity contribution in [3.8, 4) is 5.75 Å². The molecule has 0 aliphatic heterocycles. The maximum absolute atomic E-state index is 12.8. The molecule has 0 saturated carbocycles. The summed E-state index contributed by atoms with van der Waals surface area (Å²) in [6.45, 7) is -0.284. The normalized spacial score (nSPS) is 13.2. The molecule has 0 saturated heterocycles. The van der Waals surface area contributed by atoms with E-state index in [0.717, 1.165) is 36.4 Å². The number of phenols is 1. The first-order valence-corrected chi connectivity index (χ1v) is 26.1. The second-order valence-electron chi connectivity index (χ2n) is 14.7. The second kappa shape index (κ2) is 26.7. The van der Waals surface area contributed by atoms with Gasteiger partial charge < -0.3 is 30.9 Å². The Balaban J connectivity index is 0.00000520.